The number of quaternary nitrogens is 1. The lowest BCUT2D eigenvalue weighted by atomic mass is 10.2. The minimum atomic E-state index is -1.08. The molecule has 6 nitrogen and oxygen atoms in total. The average molecular weight is 292 g/mol. The molecular formula is C15H20N2O4. The van der Waals surface area contributed by atoms with E-state index in [-0.39, 0.29) is 5.97 Å². The first-order chi connectivity index (χ1) is 9.97. The van der Waals surface area contributed by atoms with E-state index in [0.717, 1.165) is 24.1 Å². The normalized spacial score (nSPS) is 10.5. The number of nitrogens with one attached hydrogen (secondary N) is 1. The van der Waals surface area contributed by atoms with Crippen LogP contribution in [0.5, 0.6) is 0 Å². The van der Waals surface area contributed by atoms with Gasteiger partial charge in [-0.25, -0.2) is 0 Å². The summed E-state index contributed by atoms with van der Waals surface area (Å²) in [6.45, 7) is 4.16. The third-order valence-electron chi connectivity index (χ3n) is 2.43. The van der Waals surface area contributed by atoms with Crippen molar-refractivity contribution < 1.29 is 24.3 Å². The van der Waals surface area contributed by atoms with E-state index in [1.807, 2.05) is 30.3 Å². The minimum Gasteiger partial charge on any atom is -0.550 e. The first-order valence-corrected chi connectivity index (χ1v) is 6.55. The standard InChI is InChI=1S/C13H16N2O2.C2H4O2/c1-12(16)17-11-10-15(9-5-8-14)13-6-3-2-4-7-13;1-2(3)4/h2-4,6-7H,5,9-11H2,1H3;1H3,(H,3,4). The van der Waals surface area contributed by atoms with Crippen LogP contribution >= 0.6 is 0 Å². The Balaban J connectivity index is 0.000000885. The lowest BCUT2D eigenvalue weighted by molar-refractivity contribution is -0.832. The van der Waals surface area contributed by atoms with E-state index >= 15 is 0 Å². The molecule has 0 aliphatic carbocycles. The smallest absolute Gasteiger partial charge is 0.302 e. The molecule has 0 bridgehead atoms. The van der Waals surface area contributed by atoms with Gasteiger partial charge in [0, 0.05) is 12.9 Å². The summed E-state index contributed by atoms with van der Waals surface area (Å²) < 4.78 is 4.93. The molecule has 0 amide bonds. The van der Waals surface area contributed by atoms with E-state index in [2.05, 4.69) is 6.07 Å². The van der Waals surface area contributed by atoms with Crippen LogP contribution in [0.15, 0.2) is 30.3 Å². The van der Waals surface area contributed by atoms with Gasteiger partial charge >= 0.3 is 5.97 Å². The van der Waals surface area contributed by atoms with Crippen molar-refractivity contribution in [3.63, 3.8) is 0 Å². The fraction of sp³-hybridized carbons (Fsp3) is 0.400. The molecule has 1 aromatic carbocycles. The highest BCUT2D eigenvalue weighted by atomic mass is 16.5. The zero-order chi connectivity index (χ0) is 16.1. The van der Waals surface area contributed by atoms with Gasteiger partial charge in [-0.1, -0.05) is 18.2 Å². The number of aliphatic carboxylic acids is 1. The Hall–Kier alpha value is -2.39. The van der Waals surface area contributed by atoms with Gasteiger partial charge in [0.25, 0.3) is 0 Å². The number of nitriles is 1. The number of carboxylic acid groups (broad SMARTS) is 1. The summed E-state index contributed by atoms with van der Waals surface area (Å²) in [4.78, 5) is 20.7. The number of hydrogen-bond donors (Lipinski definition) is 1. The SMILES string of the molecule is CC(=O)OCC[NH+](CCC#N)c1ccccc1.CC(=O)[O-]. The number of carbonyl (C=O) groups is 2. The van der Waals surface area contributed by atoms with E-state index in [1.54, 1.807) is 0 Å². The highest BCUT2D eigenvalue weighted by molar-refractivity contribution is 5.65. The molecule has 1 rings (SSSR count). The molecule has 1 unspecified atom stereocenters. The molecule has 0 aromatic heterocycles. The first kappa shape index (κ1) is 18.6. The molecule has 0 radical (unpaired) electrons. The molecule has 1 aromatic rings. The first-order valence-electron chi connectivity index (χ1n) is 6.55. The van der Waals surface area contributed by atoms with Crippen molar-refractivity contribution in [2.45, 2.75) is 20.3 Å². The van der Waals surface area contributed by atoms with Crippen LogP contribution in [-0.4, -0.2) is 31.6 Å². The van der Waals surface area contributed by atoms with E-state index < -0.39 is 5.97 Å². The molecule has 1 N–H and O–H groups in total. The zero-order valence-electron chi connectivity index (χ0n) is 12.3. The van der Waals surface area contributed by atoms with E-state index in [4.69, 9.17) is 19.9 Å². The van der Waals surface area contributed by atoms with Crippen molar-refractivity contribution >= 4 is 17.6 Å². The third kappa shape index (κ3) is 11.2. The molecule has 0 spiro atoms. The maximum absolute atomic E-state index is 10.7. The Morgan fingerprint density at radius 2 is 1.81 bits per heavy atom. The fourth-order valence-corrected chi connectivity index (χ4v) is 1.61. The molecule has 0 fully saturated rings. The van der Waals surface area contributed by atoms with Crippen LogP contribution in [0.3, 0.4) is 0 Å². The monoisotopic (exact) mass is 292 g/mol. The second kappa shape index (κ2) is 11.4. The Bertz CT molecular complexity index is 464. The molecule has 114 valence electrons. The van der Waals surface area contributed by atoms with Gasteiger partial charge < -0.3 is 14.6 Å². The van der Waals surface area contributed by atoms with Crippen LogP contribution in [0.1, 0.15) is 20.3 Å². The van der Waals surface area contributed by atoms with Gasteiger partial charge in [0.1, 0.15) is 18.8 Å². The number of para-hydroxylation sites is 1. The van der Waals surface area contributed by atoms with Gasteiger partial charge in [-0.3, -0.25) is 9.69 Å². The van der Waals surface area contributed by atoms with E-state index in [0.29, 0.717) is 19.6 Å². The topological polar surface area (TPSA) is 94.7 Å². The van der Waals surface area contributed by atoms with E-state index in [1.165, 1.54) is 6.92 Å². The molecule has 0 aliphatic heterocycles. The maximum Gasteiger partial charge on any atom is 0.302 e. The van der Waals surface area contributed by atoms with Gasteiger partial charge in [-0.15, -0.1) is 0 Å². The summed E-state index contributed by atoms with van der Waals surface area (Å²) in [5.41, 5.74) is 1.12. The number of carboxylic acids is 1. The van der Waals surface area contributed by atoms with Crippen LogP contribution in [-0.2, 0) is 14.3 Å². The predicted molar refractivity (Wildman–Crippen MR) is 74.3 cm³/mol. The molecule has 6 heteroatoms. The van der Waals surface area contributed by atoms with Gasteiger partial charge in [0.2, 0.25) is 0 Å². The molecule has 21 heavy (non-hydrogen) atoms. The number of rotatable bonds is 6. The van der Waals surface area contributed by atoms with Gasteiger partial charge in [0.05, 0.1) is 19.0 Å². The van der Waals surface area contributed by atoms with Crippen molar-refractivity contribution in [2.24, 2.45) is 0 Å². The second-order valence-electron chi connectivity index (χ2n) is 4.21. The molecule has 0 aliphatic rings. The number of carbonyl (C=O) groups excluding carboxylic acids is 2. The number of nitrogens with zero attached hydrogens (tertiary/aromatic N) is 1. The van der Waals surface area contributed by atoms with Crippen LogP contribution < -0.4 is 10.0 Å². The number of esters is 1. The van der Waals surface area contributed by atoms with Gasteiger partial charge in [-0.2, -0.15) is 5.26 Å². The number of hydrogen-bond acceptors (Lipinski definition) is 5. The largest absolute Gasteiger partial charge is 0.550 e. The zero-order valence-corrected chi connectivity index (χ0v) is 12.3. The summed E-state index contributed by atoms with van der Waals surface area (Å²) in [6.07, 6.45) is 0.490. The second-order valence-corrected chi connectivity index (χ2v) is 4.21. The summed E-state index contributed by atoms with van der Waals surface area (Å²) in [7, 11) is 0. The Labute approximate surface area is 124 Å². The molecular weight excluding hydrogens is 272 g/mol. The predicted octanol–water partition coefficient (Wildman–Crippen LogP) is -0.564. The minimum absolute atomic E-state index is 0.266. The molecule has 0 saturated carbocycles. The molecule has 0 saturated heterocycles. The lowest BCUT2D eigenvalue weighted by Crippen LogP contribution is -3.07. The number of ether oxygens (including phenoxy) is 1. The van der Waals surface area contributed by atoms with Crippen molar-refractivity contribution in [3.8, 4) is 6.07 Å². The quantitative estimate of drug-likeness (QED) is 0.709. The van der Waals surface area contributed by atoms with Crippen LogP contribution in [0, 0.1) is 11.3 Å². The van der Waals surface area contributed by atoms with Crippen molar-refractivity contribution in [3.05, 3.63) is 30.3 Å². The van der Waals surface area contributed by atoms with Gasteiger partial charge in [-0.05, 0) is 19.1 Å². The fourth-order valence-electron chi connectivity index (χ4n) is 1.61. The van der Waals surface area contributed by atoms with E-state index in [9.17, 15) is 4.79 Å². The highest BCUT2D eigenvalue weighted by Crippen LogP contribution is 1.98. The molecule has 0 heterocycles. The van der Waals surface area contributed by atoms with Crippen LogP contribution in [0.4, 0.5) is 5.69 Å². The highest BCUT2D eigenvalue weighted by Gasteiger charge is 2.11. The van der Waals surface area contributed by atoms with Crippen molar-refractivity contribution in [2.75, 3.05) is 19.7 Å². The average Bonchev–Trinajstić information content (AvgIpc) is 2.42. The Kier molecular flexibility index (Phi) is 10.1. The maximum atomic E-state index is 10.7. The van der Waals surface area contributed by atoms with Crippen LogP contribution in [0.2, 0.25) is 0 Å². The van der Waals surface area contributed by atoms with Gasteiger partial charge in [0.15, 0.2) is 0 Å². The summed E-state index contributed by atoms with van der Waals surface area (Å²) >= 11 is 0. The third-order valence-corrected chi connectivity index (χ3v) is 2.43. The number of benzene rings is 1. The summed E-state index contributed by atoms with van der Waals surface area (Å²) in [5.74, 6) is -1.35. The Morgan fingerprint density at radius 1 is 1.24 bits per heavy atom. The van der Waals surface area contributed by atoms with Crippen molar-refractivity contribution in [1.82, 2.24) is 0 Å². The Morgan fingerprint density at radius 3 is 2.29 bits per heavy atom. The molecule has 1 atom stereocenters. The lowest BCUT2D eigenvalue weighted by Gasteiger charge is -2.17. The summed E-state index contributed by atoms with van der Waals surface area (Å²) in [5, 5.41) is 17.5. The van der Waals surface area contributed by atoms with Crippen molar-refractivity contribution in [1.29, 1.82) is 5.26 Å². The summed E-state index contributed by atoms with van der Waals surface area (Å²) in [6, 6.07) is 12.1. The van der Waals surface area contributed by atoms with Crippen LogP contribution in [0.25, 0.3) is 0 Å².